The number of anilines is 1. The summed E-state index contributed by atoms with van der Waals surface area (Å²) in [4.78, 5) is 4.33. The lowest BCUT2D eigenvalue weighted by Gasteiger charge is -2.11. The Morgan fingerprint density at radius 2 is 1.69 bits per heavy atom. The van der Waals surface area contributed by atoms with Crippen molar-refractivity contribution in [1.29, 1.82) is 0 Å². The van der Waals surface area contributed by atoms with Crippen LogP contribution in [0.5, 0.6) is 17.2 Å². The molecule has 0 aliphatic carbocycles. The molecular formula is C22H26IN3O3. The Bertz CT molecular complexity index is 963. The van der Waals surface area contributed by atoms with Crippen LogP contribution in [0.4, 0.5) is 5.69 Å². The van der Waals surface area contributed by atoms with Gasteiger partial charge in [0.15, 0.2) is 17.5 Å². The minimum absolute atomic E-state index is 0. The van der Waals surface area contributed by atoms with E-state index in [1.54, 1.807) is 14.2 Å². The van der Waals surface area contributed by atoms with Gasteiger partial charge in [-0.3, -0.25) is 4.99 Å². The number of nitrogens with zero attached hydrogens (tertiary/aromatic N) is 1. The van der Waals surface area contributed by atoms with Crippen molar-refractivity contribution in [3.8, 4) is 17.2 Å². The number of hydrogen-bond donors (Lipinski definition) is 2. The molecule has 0 saturated carbocycles. The highest BCUT2D eigenvalue weighted by Crippen LogP contribution is 2.29. The molecule has 0 radical (unpaired) electrons. The molecule has 0 aliphatic heterocycles. The number of nitrogens with two attached hydrogens (primary N) is 1. The molecule has 0 heterocycles. The van der Waals surface area contributed by atoms with Crippen molar-refractivity contribution in [2.24, 2.45) is 10.7 Å². The number of nitrogens with one attached hydrogen (secondary N) is 1. The highest BCUT2D eigenvalue weighted by atomic mass is 127. The summed E-state index contributed by atoms with van der Waals surface area (Å²) >= 11 is 0. The number of benzene rings is 3. The summed E-state index contributed by atoms with van der Waals surface area (Å²) in [5.41, 5.74) is 6.73. The summed E-state index contributed by atoms with van der Waals surface area (Å²) in [7, 11) is 3.19. The number of guanidine groups is 1. The van der Waals surface area contributed by atoms with Crippen LogP contribution in [-0.2, 0) is 0 Å². The molecule has 3 rings (SSSR count). The van der Waals surface area contributed by atoms with Gasteiger partial charge < -0.3 is 25.3 Å². The van der Waals surface area contributed by atoms with Gasteiger partial charge in [0.05, 0.1) is 20.8 Å². The van der Waals surface area contributed by atoms with Gasteiger partial charge in [0, 0.05) is 24.7 Å². The Labute approximate surface area is 188 Å². The highest BCUT2D eigenvalue weighted by molar-refractivity contribution is 14.0. The van der Waals surface area contributed by atoms with Crippen molar-refractivity contribution in [1.82, 2.24) is 0 Å². The Morgan fingerprint density at radius 3 is 2.45 bits per heavy atom. The summed E-state index contributed by atoms with van der Waals surface area (Å²) in [6, 6.07) is 19.8. The average molecular weight is 507 g/mol. The van der Waals surface area contributed by atoms with E-state index in [0.29, 0.717) is 30.6 Å². The van der Waals surface area contributed by atoms with Crippen molar-refractivity contribution in [3.05, 3.63) is 60.7 Å². The monoisotopic (exact) mass is 507 g/mol. The molecule has 0 unspecified atom stereocenters. The molecule has 0 saturated heterocycles. The third kappa shape index (κ3) is 6.42. The van der Waals surface area contributed by atoms with E-state index in [-0.39, 0.29) is 24.0 Å². The smallest absolute Gasteiger partial charge is 0.193 e. The summed E-state index contributed by atoms with van der Waals surface area (Å²) in [6.07, 6.45) is 0.765. The van der Waals surface area contributed by atoms with E-state index < -0.39 is 0 Å². The molecule has 0 aromatic heterocycles. The van der Waals surface area contributed by atoms with Gasteiger partial charge in [-0.15, -0.1) is 24.0 Å². The second kappa shape index (κ2) is 11.4. The highest BCUT2D eigenvalue weighted by Gasteiger charge is 2.05. The van der Waals surface area contributed by atoms with Gasteiger partial charge in [-0.25, -0.2) is 0 Å². The molecular weight excluding hydrogens is 481 g/mol. The van der Waals surface area contributed by atoms with Crippen LogP contribution in [0.2, 0.25) is 0 Å². The number of methoxy groups -OCH3 is 2. The molecule has 154 valence electrons. The van der Waals surface area contributed by atoms with E-state index in [9.17, 15) is 0 Å². The van der Waals surface area contributed by atoms with E-state index in [1.165, 1.54) is 10.8 Å². The van der Waals surface area contributed by atoms with E-state index in [4.69, 9.17) is 19.9 Å². The van der Waals surface area contributed by atoms with E-state index in [1.807, 2.05) is 42.5 Å². The van der Waals surface area contributed by atoms with Crippen molar-refractivity contribution < 1.29 is 14.2 Å². The van der Waals surface area contributed by atoms with Crippen LogP contribution in [0.15, 0.2) is 65.7 Å². The maximum absolute atomic E-state index is 5.95. The summed E-state index contributed by atoms with van der Waals surface area (Å²) in [5.74, 6) is 2.50. The lowest BCUT2D eigenvalue weighted by atomic mass is 10.1. The van der Waals surface area contributed by atoms with Crippen molar-refractivity contribution >= 4 is 46.4 Å². The van der Waals surface area contributed by atoms with E-state index in [2.05, 4.69) is 28.5 Å². The molecule has 0 aliphatic rings. The molecule has 29 heavy (non-hydrogen) atoms. The minimum Gasteiger partial charge on any atom is -0.494 e. The van der Waals surface area contributed by atoms with Crippen molar-refractivity contribution in [2.45, 2.75) is 6.42 Å². The lowest BCUT2D eigenvalue weighted by molar-refractivity contribution is 0.314. The molecule has 6 nitrogen and oxygen atoms in total. The number of rotatable bonds is 8. The standard InChI is InChI=1S/C22H25N3O3.HI/c1-26-20-11-9-18(15-21(20)27-2)25-22(23)24-12-5-13-28-19-10-8-16-6-3-4-7-17(16)14-19;/h3-4,6-11,14-15H,5,12-13H2,1-2H3,(H3,23,24,25);1H. The van der Waals surface area contributed by atoms with Gasteiger partial charge in [0.25, 0.3) is 0 Å². The number of halogens is 1. The van der Waals surface area contributed by atoms with Gasteiger partial charge in [-0.2, -0.15) is 0 Å². The Balaban J connectivity index is 0.00000300. The maximum atomic E-state index is 5.95. The first-order valence-corrected chi connectivity index (χ1v) is 9.10. The number of fused-ring (bicyclic) bond motifs is 1. The Hall–Kier alpha value is -2.68. The van der Waals surface area contributed by atoms with Crippen LogP contribution in [0, 0.1) is 0 Å². The lowest BCUT2D eigenvalue weighted by Crippen LogP contribution is -2.23. The van der Waals surface area contributed by atoms with Gasteiger partial charge in [0.2, 0.25) is 0 Å². The minimum atomic E-state index is 0. The Morgan fingerprint density at radius 1 is 0.931 bits per heavy atom. The molecule has 0 atom stereocenters. The Kier molecular flexibility index (Phi) is 8.85. The molecule has 0 spiro atoms. The molecule has 0 amide bonds. The molecule has 3 N–H and O–H groups in total. The zero-order chi connectivity index (χ0) is 19.8. The number of ether oxygens (including phenoxy) is 3. The first kappa shape index (κ1) is 22.6. The van der Waals surface area contributed by atoms with Crippen LogP contribution in [0.25, 0.3) is 10.8 Å². The SMILES string of the molecule is COc1ccc(NC(N)=NCCCOc2ccc3ccccc3c2)cc1OC.I. The van der Waals surface area contributed by atoms with Gasteiger partial charge in [-0.1, -0.05) is 30.3 Å². The molecule has 0 fully saturated rings. The molecule has 7 heteroatoms. The first-order chi connectivity index (χ1) is 13.7. The number of hydrogen-bond acceptors (Lipinski definition) is 4. The normalized spacial score (nSPS) is 10.9. The quantitative estimate of drug-likeness (QED) is 0.201. The van der Waals surface area contributed by atoms with Crippen LogP contribution < -0.4 is 25.3 Å². The fraction of sp³-hybridized carbons (Fsp3) is 0.227. The van der Waals surface area contributed by atoms with E-state index >= 15 is 0 Å². The van der Waals surface area contributed by atoms with Crippen LogP contribution in [0.1, 0.15) is 6.42 Å². The van der Waals surface area contributed by atoms with E-state index in [0.717, 1.165) is 17.9 Å². The van der Waals surface area contributed by atoms with Gasteiger partial charge in [-0.05, 0) is 35.0 Å². The van der Waals surface area contributed by atoms with Gasteiger partial charge in [0.1, 0.15) is 5.75 Å². The zero-order valence-electron chi connectivity index (χ0n) is 16.6. The third-order valence-electron chi connectivity index (χ3n) is 4.23. The fourth-order valence-electron chi connectivity index (χ4n) is 2.81. The summed E-state index contributed by atoms with van der Waals surface area (Å²) < 4.78 is 16.3. The molecule has 0 bridgehead atoms. The second-order valence-corrected chi connectivity index (χ2v) is 6.17. The van der Waals surface area contributed by atoms with Crippen molar-refractivity contribution in [3.63, 3.8) is 0 Å². The predicted molar refractivity (Wildman–Crippen MR) is 129 cm³/mol. The molecule has 3 aromatic carbocycles. The topological polar surface area (TPSA) is 78.1 Å². The summed E-state index contributed by atoms with van der Waals surface area (Å²) in [6.45, 7) is 1.14. The predicted octanol–water partition coefficient (Wildman–Crippen LogP) is 4.67. The van der Waals surface area contributed by atoms with Crippen LogP contribution in [0.3, 0.4) is 0 Å². The second-order valence-electron chi connectivity index (χ2n) is 6.17. The first-order valence-electron chi connectivity index (χ1n) is 9.10. The molecule has 3 aromatic rings. The maximum Gasteiger partial charge on any atom is 0.193 e. The largest absolute Gasteiger partial charge is 0.494 e. The average Bonchev–Trinajstić information content (AvgIpc) is 2.73. The zero-order valence-corrected chi connectivity index (χ0v) is 18.9. The fourth-order valence-corrected chi connectivity index (χ4v) is 2.81. The third-order valence-corrected chi connectivity index (χ3v) is 4.23. The van der Waals surface area contributed by atoms with Crippen LogP contribution in [-0.4, -0.2) is 33.3 Å². The summed E-state index contributed by atoms with van der Waals surface area (Å²) in [5, 5.41) is 5.42. The van der Waals surface area contributed by atoms with Crippen LogP contribution >= 0.6 is 24.0 Å². The number of aliphatic imine (C=N–C) groups is 1. The van der Waals surface area contributed by atoms with Gasteiger partial charge >= 0.3 is 0 Å². The van der Waals surface area contributed by atoms with Crippen molar-refractivity contribution in [2.75, 3.05) is 32.7 Å².